The SMILES string of the molecule is O=C(Nc1ccc(I)cc1)c1ccc(S)cc1. The van der Waals surface area contributed by atoms with Gasteiger partial charge >= 0.3 is 0 Å². The Hall–Kier alpha value is -1.01. The Morgan fingerprint density at radius 1 is 1.00 bits per heavy atom. The second-order valence-corrected chi connectivity index (χ2v) is 5.27. The second-order valence-electron chi connectivity index (χ2n) is 3.51. The predicted molar refractivity (Wildman–Crippen MR) is 80.8 cm³/mol. The molecule has 0 heterocycles. The summed E-state index contributed by atoms with van der Waals surface area (Å²) in [5.74, 6) is -0.112. The van der Waals surface area contributed by atoms with Gasteiger partial charge in [-0.25, -0.2) is 0 Å². The van der Waals surface area contributed by atoms with Crippen molar-refractivity contribution >= 4 is 46.8 Å². The number of nitrogens with one attached hydrogen (secondary N) is 1. The van der Waals surface area contributed by atoms with Crippen LogP contribution >= 0.6 is 35.2 Å². The lowest BCUT2D eigenvalue weighted by atomic mass is 10.2. The zero-order valence-electron chi connectivity index (χ0n) is 8.85. The van der Waals surface area contributed by atoms with Crippen LogP contribution in [0.5, 0.6) is 0 Å². The molecule has 0 bridgehead atoms. The first-order chi connectivity index (χ1) is 8.15. The predicted octanol–water partition coefficient (Wildman–Crippen LogP) is 3.83. The van der Waals surface area contributed by atoms with Gasteiger partial charge < -0.3 is 5.32 Å². The standard InChI is InChI=1S/C13H10INOS/c14-10-3-5-11(6-4-10)15-13(16)9-1-7-12(17)8-2-9/h1-8,17H,(H,15,16). The average Bonchev–Trinajstić information content (AvgIpc) is 2.33. The van der Waals surface area contributed by atoms with Gasteiger partial charge in [-0.2, -0.15) is 0 Å². The molecule has 2 aromatic rings. The number of hydrogen-bond acceptors (Lipinski definition) is 2. The molecule has 0 radical (unpaired) electrons. The van der Waals surface area contributed by atoms with E-state index in [0.29, 0.717) is 5.56 Å². The number of rotatable bonds is 2. The molecule has 17 heavy (non-hydrogen) atoms. The van der Waals surface area contributed by atoms with E-state index in [1.807, 2.05) is 24.3 Å². The van der Waals surface area contributed by atoms with Gasteiger partial charge in [0, 0.05) is 19.7 Å². The van der Waals surface area contributed by atoms with Gasteiger partial charge in [0.1, 0.15) is 0 Å². The maximum Gasteiger partial charge on any atom is 0.255 e. The van der Waals surface area contributed by atoms with Crippen molar-refractivity contribution in [2.45, 2.75) is 4.90 Å². The first-order valence-corrected chi connectivity index (χ1v) is 6.54. The molecule has 0 aliphatic carbocycles. The minimum Gasteiger partial charge on any atom is -0.322 e. The van der Waals surface area contributed by atoms with E-state index in [2.05, 4.69) is 40.5 Å². The van der Waals surface area contributed by atoms with Crippen LogP contribution in [-0.2, 0) is 0 Å². The van der Waals surface area contributed by atoms with Crippen LogP contribution < -0.4 is 5.32 Å². The second kappa shape index (κ2) is 5.55. The molecule has 1 amide bonds. The minimum absolute atomic E-state index is 0.112. The Bertz CT molecular complexity index is 522. The van der Waals surface area contributed by atoms with E-state index in [0.717, 1.165) is 14.2 Å². The molecule has 0 fully saturated rings. The van der Waals surface area contributed by atoms with Gasteiger partial charge in [-0.3, -0.25) is 4.79 Å². The van der Waals surface area contributed by atoms with Crippen LogP contribution in [0.1, 0.15) is 10.4 Å². The molecule has 4 heteroatoms. The highest BCUT2D eigenvalue weighted by Gasteiger charge is 2.05. The summed E-state index contributed by atoms with van der Waals surface area (Å²) >= 11 is 6.40. The number of thiol groups is 1. The third-order valence-electron chi connectivity index (χ3n) is 2.23. The van der Waals surface area contributed by atoms with Crippen LogP contribution in [0.3, 0.4) is 0 Å². The number of carbonyl (C=O) groups excluding carboxylic acids is 1. The Kier molecular flexibility index (Phi) is 4.06. The Balaban J connectivity index is 2.11. The molecule has 0 atom stereocenters. The smallest absolute Gasteiger partial charge is 0.255 e. The topological polar surface area (TPSA) is 29.1 Å². The van der Waals surface area contributed by atoms with Gasteiger partial charge in [-0.1, -0.05) is 0 Å². The number of benzene rings is 2. The van der Waals surface area contributed by atoms with E-state index in [1.54, 1.807) is 24.3 Å². The molecule has 0 unspecified atom stereocenters. The van der Waals surface area contributed by atoms with Crippen LogP contribution in [0.4, 0.5) is 5.69 Å². The van der Waals surface area contributed by atoms with Crippen molar-refractivity contribution in [2.75, 3.05) is 5.32 Å². The summed E-state index contributed by atoms with van der Waals surface area (Å²) in [6.07, 6.45) is 0. The fourth-order valence-electron chi connectivity index (χ4n) is 1.35. The lowest BCUT2D eigenvalue weighted by Gasteiger charge is -2.05. The third kappa shape index (κ3) is 3.47. The molecular weight excluding hydrogens is 345 g/mol. The molecule has 0 saturated carbocycles. The normalized spacial score (nSPS) is 10.0. The van der Waals surface area contributed by atoms with E-state index < -0.39 is 0 Å². The van der Waals surface area contributed by atoms with Crippen molar-refractivity contribution in [1.82, 2.24) is 0 Å². The molecule has 0 aromatic heterocycles. The molecule has 2 rings (SSSR count). The summed E-state index contributed by atoms with van der Waals surface area (Å²) in [6.45, 7) is 0. The van der Waals surface area contributed by atoms with Crippen molar-refractivity contribution in [3.05, 3.63) is 57.7 Å². The van der Waals surface area contributed by atoms with Crippen LogP contribution in [0.25, 0.3) is 0 Å². The summed E-state index contributed by atoms with van der Waals surface area (Å²) in [5, 5.41) is 2.84. The summed E-state index contributed by atoms with van der Waals surface area (Å²) in [5.41, 5.74) is 1.42. The molecule has 0 spiro atoms. The fraction of sp³-hybridized carbons (Fsp3) is 0. The number of amides is 1. The van der Waals surface area contributed by atoms with E-state index in [9.17, 15) is 4.79 Å². The third-order valence-corrected chi connectivity index (χ3v) is 3.25. The monoisotopic (exact) mass is 355 g/mol. The first kappa shape index (κ1) is 12.4. The number of halogens is 1. The Morgan fingerprint density at radius 3 is 2.18 bits per heavy atom. The summed E-state index contributed by atoms with van der Waals surface area (Å²) < 4.78 is 1.14. The number of anilines is 1. The molecule has 1 N–H and O–H groups in total. The van der Waals surface area contributed by atoms with Crippen molar-refractivity contribution in [2.24, 2.45) is 0 Å². The largest absolute Gasteiger partial charge is 0.322 e. The Labute approximate surface area is 119 Å². The lowest BCUT2D eigenvalue weighted by molar-refractivity contribution is 0.102. The van der Waals surface area contributed by atoms with Gasteiger partial charge in [-0.05, 0) is 71.1 Å². The van der Waals surface area contributed by atoms with Crippen LogP contribution in [0.15, 0.2) is 53.4 Å². The highest BCUT2D eigenvalue weighted by atomic mass is 127. The first-order valence-electron chi connectivity index (χ1n) is 5.01. The van der Waals surface area contributed by atoms with Crippen LogP contribution in [-0.4, -0.2) is 5.91 Å². The summed E-state index contributed by atoms with van der Waals surface area (Å²) in [4.78, 5) is 12.7. The molecular formula is C13H10INOS. The van der Waals surface area contributed by atoms with Gasteiger partial charge in [0.15, 0.2) is 0 Å². The average molecular weight is 355 g/mol. The highest BCUT2D eigenvalue weighted by molar-refractivity contribution is 14.1. The molecule has 0 aliphatic heterocycles. The van der Waals surface area contributed by atoms with E-state index >= 15 is 0 Å². The highest BCUT2D eigenvalue weighted by Crippen LogP contribution is 2.13. The van der Waals surface area contributed by atoms with E-state index in [-0.39, 0.29) is 5.91 Å². The fourth-order valence-corrected chi connectivity index (χ4v) is 1.86. The quantitative estimate of drug-likeness (QED) is 0.622. The molecule has 2 aromatic carbocycles. The van der Waals surface area contributed by atoms with Crippen molar-refractivity contribution in [3.8, 4) is 0 Å². The Morgan fingerprint density at radius 2 is 1.59 bits per heavy atom. The zero-order chi connectivity index (χ0) is 12.3. The van der Waals surface area contributed by atoms with E-state index in [1.165, 1.54) is 0 Å². The summed E-state index contributed by atoms with van der Waals surface area (Å²) in [6, 6.07) is 14.8. The van der Waals surface area contributed by atoms with Gasteiger partial charge in [-0.15, -0.1) is 12.6 Å². The van der Waals surface area contributed by atoms with Gasteiger partial charge in [0.2, 0.25) is 0 Å². The maximum atomic E-state index is 11.9. The van der Waals surface area contributed by atoms with Crippen molar-refractivity contribution < 1.29 is 4.79 Å². The van der Waals surface area contributed by atoms with Crippen LogP contribution in [0.2, 0.25) is 0 Å². The minimum atomic E-state index is -0.112. The van der Waals surface area contributed by atoms with Gasteiger partial charge in [0.05, 0.1) is 0 Å². The van der Waals surface area contributed by atoms with Crippen molar-refractivity contribution in [3.63, 3.8) is 0 Å². The molecule has 0 saturated heterocycles. The number of hydrogen-bond donors (Lipinski definition) is 2. The summed E-state index contributed by atoms with van der Waals surface area (Å²) in [7, 11) is 0. The molecule has 2 nitrogen and oxygen atoms in total. The maximum absolute atomic E-state index is 11.9. The van der Waals surface area contributed by atoms with Crippen molar-refractivity contribution in [1.29, 1.82) is 0 Å². The lowest BCUT2D eigenvalue weighted by Crippen LogP contribution is -2.11. The van der Waals surface area contributed by atoms with Crippen LogP contribution in [0, 0.1) is 3.57 Å². The molecule has 86 valence electrons. The van der Waals surface area contributed by atoms with Gasteiger partial charge in [0.25, 0.3) is 5.91 Å². The zero-order valence-corrected chi connectivity index (χ0v) is 11.9. The number of carbonyl (C=O) groups is 1. The molecule has 0 aliphatic rings. The van der Waals surface area contributed by atoms with E-state index in [4.69, 9.17) is 0 Å².